The van der Waals surface area contributed by atoms with E-state index in [1.54, 1.807) is 31.4 Å². The van der Waals surface area contributed by atoms with E-state index < -0.39 is 0 Å². The molecule has 0 aliphatic rings. The molecular formula is C13H12ClN5O. The van der Waals surface area contributed by atoms with Crippen molar-refractivity contribution in [2.75, 3.05) is 18.2 Å². The summed E-state index contributed by atoms with van der Waals surface area (Å²) in [7, 11) is 1.55. The third kappa shape index (κ3) is 3.35. The van der Waals surface area contributed by atoms with Gasteiger partial charge < -0.3 is 15.8 Å². The van der Waals surface area contributed by atoms with E-state index in [0.29, 0.717) is 33.7 Å². The van der Waals surface area contributed by atoms with Crippen molar-refractivity contribution >= 4 is 28.9 Å². The van der Waals surface area contributed by atoms with Crippen molar-refractivity contribution < 1.29 is 4.74 Å². The van der Waals surface area contributed by atoms with Gasteiger partial charge >= 0.3 is 0 Å². The van der Waals surface area contributed by atoms with Gasteiger partial charge in [-0.3, -0.25) is 0 Å². The Bertz CT molecular complexity index is 668. The minimum atomic E-state index is 0.265. The van der Waals surface area contributed by atoms with Crippen LogP contribution in [-0.4, -0.2) is 17.1 Å². The molecule has 2 aromatic rings. The van der Waals surface area contributed by atoms with Crippen molar-refractivity contribution in [1.82, 2.24) is 9.97 Å². The number of nitrogens with zero attached hydrogens (tertiary/aromatic N) is 3. The van der Waals surface area contributed by atoms with Crippen molar-refractivity contribution in [2.24, 2.45) is 0 Å². The number of nitrogens with two attached hydrogens (primary N) is 1. The fourth-order valence-corrected chi connectivity index (χ4v) is 1.83. The Morgan fingerprint density at radius 2 is 2.20 bits per heavy atom. The summed E-state index contributed by atoms with van der Waals surface area (Å²) in [6, 6.07) is 8.55. The summed E-state index contributed by atoms with van der Waals surface area (Å²) >= 11 is 6.09. The van der Waals surface area contributed by atoms with E-state index in [9.17, 15) is 0 Å². The van der Waals surface area contributed by atoms with Crippen LogP contribution in [-0.2, 0) is 11.3 Å². The number of nitriles is 1. The molecule has 0 aliphatic carbocycles. The molecule has 1 aromatic carbocycles. The van der Waals surface area contributed by atoms with Gasteiger partial charge in [0.25, 0.3) is 0 Å². The third-order valence-electron chi connectivity index (χ3n) is 2.43. The normalized spacial score (nSPS) is 10.1. The number of halogens is 1. The van der Waals surface area contributed by atoms with Crippen LogP contribution in [0, 0.1) is 11.3 Å². The summed E-state index contributed by atoms with van der Waals surface area (Å²) < 4.78 is 4.97. The van der Waals surface area contributed by atoms with Crippen LogP contribution in [0.15, 0.2) is 24.3 Å². The largest absolute Gasteiger partial charge is 0.384 e. The molecule has 0 bridgehead atoms. The van der Waals surface area contributed by atoms with Crippen LogP contribution in [0.4, 0.5) is 17.3 Å². The van der Waals surface area contributed by atoms with Crippen LogP contribution in [0.2, 0.25) is 5.02 Å². The Hall–Kier alpha value is -2.36. The van der Waals surface area contributed by atoms with Crippen molar-refractivity contribution in [3.63, 3.8) is 0 Å². The third-order valence-corrected chi connectivity index (χ3v) is 2.74. The molecule has 20 heavy (non-hydrogen) atoms. The molecule has 0 radical (unpaired) electrons. The molecule has 0 unspecified atom stereocenters. The predicted octanol–water partition coefficient (Wildman–Crippen LogP) is 2.47. The average Bonchev–Trinajstić information content (AvgIpc) is 2.41. The quantitative estimate of drug-likeness (QED) is 0.897. The lowest BCUT2D eigenvalue weighted by molar-refractivity contribution is 0.178. The van der Waals surface area contributed by atoms with Crippen LogP contribution in [0.3, 0.4) is 0 Å². The van der Waals surface area contributed by atoms with Crippen LogP contribution in [0.5, 0.6) is 0 Å². The highest BCUT2D eigenvalue weighted by molar-refractivity contribution is 6.33. The SMILES string of the molecule is COCc1nc(N)cc(Nc2ccc(C#N)cc2Cl)n1. The molecule has 6 nitrogen and oxygen atoms in total. The number of ether oxygens (including phenoxy) is 1. The van der Waals surface area contributed by atoms with Gasteiger partial charge in [0, 0.05) is 13.2 Å². The Kier molecular flexibility index (Phi) is 4.35. The standard InChI is InChI=1S/C13H12ClN5O/c1-20-7-13-18-11(16)5-12(19-13)17-10-3-2-8(6-15)4-9(10)14/h2-5H,7H2,1H3,(H3,16,17,18,19). The molecule has 3 N–H and O–H groups in total. The van der Waals surface area contributed by atoms with E-state index in [1.807, 2.05) is 6.07 Å². The van der Waals surface area contributed by atoms with Crippen molar-refractivity contribution in [1.29, 1.82) is 5.26 Å². The second kappa shape index (κ2) is 6.19. The number of rotatable bonds is 4. The van der Waals surface area contributed by atoms with Gasteiger partial charge in [0.2, 0.25) is 0 Å². The number of methoxy groups -OCH3 is 1. The second-order valence-corrected chi connectivity index (χ2v) is 4.37. The summed E-state index contributed by atoms with van der Waals surface area (Å²) in [5.41, 5.74) is 6.82. The lowest BCUT2D eigenvalue weighted by Crippen LogP contribution is -2.04. The average molecular weight is 290 g/mol. The zero-order chi connectivity index (χ0) is 14.5. The fourth-order valence-electron chi connectivity index (χ4n) is 1.60. The van der Waals surface area contributed by atoms with Gasteiger partial charge in [-0.25, -0.2) is 9.97 Å². The molecule has 0 aliphatic heterocycles. The maximum Gasteiger partial charge on any atom is 0.158 e. The highest BCUT2D eigenvalue weighted by atomic mass is 35.5. The van der Waals surface area contributed by atoms with E-state index in [2.05, 4.69) is 15.3 Å². The first kappa shape index (κ1) is 14.1. The van der Waals surface area contributed by atoms with E-state index in [1.165, 1.54) is 0 Å². The second-order valence-electron chi connectivity index (χ2n) is 3.96. The molecule has 1 aromatic heterocycles. The molecule has 0 saturated carbocycles. The lowest BCUT2D eigenvalue weighted by atomic mass is 10.2. The van der Waals surface area contributed by atoms with Crippen molar-refractivity contribution in [2.45, 2.75) is 6.61 Å². The topological polar surface area (TPSA) is 96.9 Å². The van der Waals surface area contributed by atoms with E-state index in [4.69, 9.17) is 27.3 Å². The van der Waals surface area contributed by atoms with Gasteiger partial charge in [0.15, 0.2) is 5.82 Å². The number of aromatic nitrogens is 2. The predicted molar refractivity (Wildman–Crippen MR) is 76.6 cm³/mol. The molecule has 0 atom stereocenters. The van der Waals surface area contributed by atoms with Crippen LogP contribution in [0.1, 0.15) is 11.4 Å². The molecule has 0 fully saturated rings. The zero-order valence-corrected chi connectivity index (χ0v) is 11.5. The molecule has 0 saturated heterocycles. The number of hydrogen-bond donors (Lipinski definition) is 2. The summed E-state index contributed by atoms with van der Waals surface area (Å²) in [6.07, 6.45) is 0. The van der Waals surface area contributed by atoms with Crippen molar-refractivity contribution in [3.8, 4) is 6.07 Å². The fraction of sp³-hybridized carbons (Fsp3) is 0.154. The molecule has 0 spiro atoms. The van der Waals surface area contributed by atoms with Gasteiger partial charge in [0.1, 0.15) is 18.2 Å². The van der Waals surface area contributed by atoms with Gasteiger partial charge in [-0.15, -0.1) is 0 Å². The van der Waals surface area contributed by atoms with Crippen LogP contribution < -0.4 is 11.1 Å². The summed E-state index contributed by atoms with van der Waals surface area (Å²) in [6.45, 7) is 0.265. The smallest absolute Gasteiger partial charge is 0.158 e. The minimum Gasteiger partial charge on any atom is -0.384 e. The maximum atomic E-state index is 8.79. The number of hydrogen-bond acceptors (Lipinski definition) is 6. The molecule has 1 heterocycles. The molecular weight excluding hydrogens is 278 g/mol. The van der Waals surface area contributed by atoms with Gasteiger partial charge in [-0.2, -0.15) is 5.26 Å². The molecule has 0 amide bonds. The summed E-state index contributed by atoms with van der Waals surface area (Å²) in [4.78, 5) is 8.29. The Morgan fingerprint density at radius 1 is 1.40 bits per heavy atom. The molecule has 7 heteroatoms. The van der Waals surface area contributed by atoms with E-state index >= 15 is 0 Å². The van der Waals surface area contributed by atoms with E-state index in [0.717, 1.165) is 0 Å². The molecule has 2 rings (SSSR count). The van der Waals surface area contributed by atoms with Gasteiger partial charge in [-0.1, -0.05) is 11.6 Å². The highest BCUT2D eigenvalue weighted by Gasteiger charge is 2.06. The van der Waals surface area contributed by atoms with Crippen LogP contribution >= 0.6 is 11.6 Å². The number of nitrogens with one attached hydrogen (secondary N) is 1. The Balaban J connectivity index is 2.28. The summed E-state index contributed by atoms with van der Waals surface area (Å²) in [5, 5.41) is 12.3. The number of benzene rings is 1. The Labute approximate surface area is 121 Å². The van der Waals surface area contributed by atoms with Crippen LogP contribution in [0.25, 0.3) is 0 Å². The first-order valence-corrected chi connectivity index (χ1v) is 6.09. The first-order chi connectivity index (χ1) is 9.62. The van der Waals surface area contributed by atoms with E-state index in [-0.39, 0.29) is 6.61 Å². The highest BCUT2D eigenvalue weighted by Crippen LogP contribution is 2.26. The first-order valence-electron chi connectivity index (χ1n) is 5.71. The zero-order valence-electron chi connectivity index (χ0n) is 10.7. The molecule has 102 valence electrons. The maximum absolute atomic E-state index is 8.79. The van der Waals surface area contributed by atoms with Gasteiger partial charge in [0.05, 0.1) is 22.3 Å². The summed E-state index contributed by atoms with van der Waals surface area (Å²) in [5.74, 6) is 1.32. The van der Waals surface area contributed by atoms with Gasteiger partial charge in [-0.05, 0) is 18.2 Å². The lowest BCUT2D eigenvalue weighted by Gasteiger charge is -2.09. The minimum absolute atomic E-state index is 0.265. The number of anilines is 3. The number of nitrogen functional groups attached to an aromatic ring is 1. The van der Waals surface area contributed by atoms with Crippen molar-refractivity contribution in [3.05, 3.63) is 40.7 Å². The monoisotopic (exact) mass is 289 g/mol. The Morgan fingerprint density at radius 3 is 2.85 bits per heavy atom.